The predicted octanol–water partition coefficient (Wildman–Crippen LogP) is 2.00. The average molecular weight is 345 g/mol. The highest BCUT2D eigenvalue weighted by molar-refractivity contribution is 6.04. The zero-order valence-corrected chi connectivity index (χ0v) is 14.7. The molecule has 2 fully saturated rings. The lowest BCUT2D eigenvalue weighted by Crippen LogP contribution is -2.38. The monoisotopic (exact) mass is 345 g/mol. The summed E-state index contributed by atoms with van der Waals surface area (Å²) in [4.78, 5) is 27.2. The Morgan fingerprint density at radius 3 is 2.60 bits per heavy atom. The topological polar surface area (TPSA) is 84.7 Å². The van der Waals surface area contributed by atoms with E-state index in [0.29, 0.717) is 30.1 Å². The second kappa shape index (κ2) is 7.97. The molecule has 2 atom stereocenters. The summed E-state index contributed by atoms with van der Waals surface area (Å²) in [5.41, 5.74) is 6.69. The van der Waals surface area contributed by atoms with Crippen LogP contribution in [0.3, 0.4) is 0 Å². The number of para-hydroxylation sites is 1. The van der Waals surface area contributed by atoms with E-state index >= 15 is 0 Å². The normalized spacial score (nSPS) is 24.3. The van der Waals surface area contributed by atoms with Gasteiger partial charge in [0.2, 0.25) is 0 Å². The number of ether oxygens (including phenoxy) is 1. The number of benzene rings is 1. The van der Waals surface area contributed by atoms with Gasteiger partial charge in [-0.15, -0.1) is 0 Å². The van der Waals surface area contributed by atoms with Crippen molar-refractivity contribution in [2.45, 2.75) is 44.8 Å². The lowest BCUT2D eigenvalue weighted by molar-refractivity contribution is -0.126. The molecular weight excluding hydrogens is 318 g/mol. The molecule has 1 aromatic rings. The van der Waals surface area contributed by atoms with Crippen LogP contribution >= 0.6 is 0 Å². The van der Waals surface area contributed by atoms with Crippen molar-refractivity contribution in [3.05, 3.63) is 29.8 Å². The number of nitrogens with zero attached hydrogens (tertiary/aromatic N) is 1. The number of carbonyl (C=O) groups is 2. The largest absolute Gasteiger partial charge is 0.364 e. The smallest absolute Gasteiger partial charge is 0.255 e. The van der Waals surface area contributed by atoms with E-state index in [1.165, 1.54) is 0 Å². The van der Waals surface area contributed by atoms with Gasteiger partial charge in [-0.1, -0.05) is 19.1 Å². The number of nitrogens with two attached hydrogens (primary N) is 1. The molecule has 0 aliphatic carbocycles. The van der Waals surface area contributed by atoms with Crippen LogP contribution in [0.2, 0.25) is 0 Å². The van der Waals surface area contributed by atoms with E-state index in [2.05, 4.69) is 12.2 Å². The quantitative estimate of drug-likeness (QED) is 0.874. The fourth-order valence-corrected chi connectivity index (χ4v) is 3.45. The number of piperidine rings is 1. The summed E-state index contributed by atoms with van der Waals surface area (Å²) in [6.07, 6.45) is 2.96. The van der Waals surface area contributed by atoms with Crippen molar-refractivity contribution in [2.75, 3.05) is 25.0 Å². The Morgan fingerprint density at radius 2 is 1.92 bits per heavy atom. The summed E-state index contributed by atoms with van der Waals surface area (Å²) >= 11 is 0. The number of rotatable bonds is 4. The van der Waals surface area contributed by atoms with E-state index in [4.69, 9.17) is 10.5 Å². The van der Waals surface area contributed by atoms with E-state index in [1.54, 1.807) is 12.1 Å². The van der Waals surface area contributed by atoms with Gasteiger partial charge in [-0.05, 0) is 43.7 Å². The van der Waals surface area contributed by atoms with Crippen molar-refractivity contribution in [3.8, 4) is 0 Å². The van der Waals surface area contributed by atoms with Crippen LogP contribution < -0.4 is 11.1 Å². The maximum absolute atomic E-state index is 12.9. The minimum atomic E-state index is -0.493. The third-order valence-corrected chi connectivity index (χ3v) is 5.15. The van der Waals surface area contributed by atoms with Crippen molar-refractivity contribution in [3.63, 3.8) is 0 Å². The number of carbonyl (C=O) groups excluding carboxylic acids is 2. The first-order valence-corrected chi connectivity index (χ1v) is 9.13. The predicted molar refractivity (Wildman–Crippen MR) is 96.3 cm³/mol. The third kappa shape index (κ3) is 4.19. The van der Waals surface area contributed by atoms with Crippen LogP contribution in [0.25, 0.3) is 0 Å². The van der Waals surface area contributed by atoms with Gasteiger partial charge in [0.15, 0.2) is 0 Å². The molecule has 0 unspecified atom stereocenters. The molecule has 3 N–H and O–H groups in total. The molecule has 1 aromatic carbocycles. The fourth-order valence-electron chi connectivity index (χ4n) is 3.45. The summed E-state index contributed by atoms with van der Waals surface area (Å²) in [6, 6.07) is 7.19. The third-order valence-electron chi connectivity index (χ3n) is 5.15. The van der Waals surface area contributed by atoms with Crippen LogP contribution in [0, 0.1) is 5.92 Å². The maximum atomic E-state index is 12.9. The molecule has 136 valence electrons. The molecule has 2 heterocycles. The van der Waals surface area contributed by atoms with Crippen LogP contribution in [0.1, 0.15) is 43.0 Å². The van der Waals surface area contributed by atoms with Crippen LogP contribution in [0.15, 0.2) is 24.3 Å². The lowest BCUT2D eigenvalue weighted by Gasteiger charge is -2.30. The van der Waals surface area contributed by atoms with Gasteiger partial charge in [-0.2, -0.15) is 0 Å². The van der Waals surface area contributed by atoms with E-state index in [-0.39, 0.29) is 17.9 Å². The zero-order chi connectivity index (χ0) is 17.8. The molecule has 3 rings (SSSR count). The molecule has 6 nitrogen and oxygen atoms in total. The van der Waals surface area contributed by atoms with E-state index in [1.807, 2.05) is 17.0 Å². The highest BCUT2D eigenvalue weighted by Crippen LogP contribution is 2.24. The number of nitrogens with one attached hydrogen (secondary N) is 1. The molecule has 0 spiro atoms. The van der Waals surface area contributed by atoms with Crippen LogP contribution in [-0.4, -0.2) is 48.6 Å². The Morgan fingerprint density at radius 1 is 1.20 bits per heavy atom. The highest BCUT2D eigenvalue weighted by Gasteiger charge is 2.31. The number of hydrogen-bond acceptors (Lipinski definition) is 4. The van der Waals surface area contributed by atoms with Crippen molar-refractivity contribution >= 4 is 17.5 Å². The van der Waals surface area contributed by atoms with Crippen LogP contribution in [0.4, 0.5) is 5.69 Å². The number of hydrogen-bond donors (Lipinski definition) is 2. The molecular formula is C19H27N3O3. The number of likely N-dealkylation sites (tertiary alicyclic amines) is 1. The Balaban J connectivity index is 1.68. The van der Waals surface area contributed by atoms with Crippen LogP contribution in [-0.2, 0) is 9.53 Å². The summed E-state index contributed by atoms with van der Waals surface area (Å²) in [5.74, 6) is 0.437. The minimum absolute atomic E-state index is 0.0185. The van der Waals surface area contributed by atoms with Crippen molar-refractivity contribution in [2.24, 2.45) is 11.7 Å². The van der Waals surface area contributed by atoms with Gasteiger partial charge in [0.05, 0.1) is 17.4 Å². The first kappa shape index (κ1) is 17.9. The lowest BCUT2D eigenvalue weighted by atomic mass is 9.98. The van der Waals surface area contributed by atoms with Gasteiger partial charge in [0, 0.05) is 19.6 Å². The molecule has 2 saturated heterocycles. The second-order valence-corrected chi connectivity index (χ2v) is 7.07. The Kier molecular flexibility index (Phi) is 5.71. The van der Waals surface area contributed by atoms with Gasteiger partial charge in [-0.25, -0.2) is 0 Å². The average Bonchev–Trinajstić information content (AvgIpc) is 3.12. The molecule has 0 bridgehead atoms. The Hall–Kier alpha value is -1.92. The molecule has 6 heteroatoms. The van der Waals surface area contributed by atoms with Crippen molar-refractivity contribution in [1.29, 1.82) is 0 Å². The van der Waals surface area contributed by atoms with Crippen molar-refractivity contribution in [1.82, 2.24) is 4.90 Å². The maximum Gasteiger partial charge on any atom is 0.255 e. The molecule has 2 amide bonds. The fraction of sp³-hybridized carbons (Fsp3) is 0.579. The summed E-state index contributed by atoms with van der Waals surface area (Å²) in [6.45, 7) is 4.18. The number of amides is 2. The zero-order valence-electron chi connectivity index (χ0n) is 14.7. The van der Waals surface area contributed by atoms with Gasteiger partial charge < -0.3 is 20.7 Å². The van der Waals surface area contributed by atoms with Gasteiger partial charge in [0.1, 0.15) is 6.10 Å². The van der Waals surface area contributed by atoms with Crippen molar-refractivity contribution < 1.29 is 14.3 Å². The number of anilines is 1. The molecule has 0 saturated carbocycles. The highest BCUT2D eigenvalue weighted by atomic mass is 16.5. The van der Waals surface area contributed by atoms with Gasteiger partial charge >= 0.3 is 0 Å². The van der Waals surface area contributed by atoms with Crippen LogP contribution in [0.5, 0.6) is 0 Å². The Labute approximate surface area is 148 Å². The molecule has 2 aliphatic rings. The molecule has 0 aromatic heterocycles. The van der Waals surface area contributed by atoms with Gasteiger partial charge in [0.25, 0.3) is 11.8 Å². The molecule has 0 radical (unpaired) electrons. The SMILES string of the molecule is CC1CCN(C(=O)c2ccccc2NC(=O)[C@@H]2CC[C@H](CN)O2)CC1. The summed E-state index contributed by atoms with van der Waals surface area (Å²) in [5, 5.41) is 2.87. The first-order valence-electron chi connectivity index (χ1n) is 9.13. The van der Waals surface area contributed by atoms with E-state index < -0.39 is 6.10 Å². The molecule has 2 aliphatic heterocycles. The first-order chi connectivity index (χ1) is 12.1. The van der Waals surface area contributed by atoms with E-state index in [0.717, 1.165) is 32.4 Å². The summed E-state index contributed by atoms with van der Waals surface area (Å²) < 4.78 is 5.64. The second-order valence-electron chi connectivity index (χ2n) is 7.07. The minimum Gasteiger partial charge on any atom is -0.364 e. The molecule has 25 heavy (non-hydrogen) atoms. The standard InChI is InChI=1S/C19H27N3O3/c1-13-8-10-22(11-9-13)19(24)15-4-2-3-5-16(15)21-18(23)17-7-6-14(12-20)25-17/h2-5,13-14,17H,6-12,20H2,1H3,(H,21,23)/t14-,17+/m1/s1. The van der Waals surface area contributed by atoms with E-state index in [9.17, 15) is 9.59 Å². The Bertz CT molecular complexity index is 626. The summed E-state index contributed by atoms with van der Waals surface area (Å²) in [7, 11) is 0. The van der Waals surface area contributed by atoms with Gasteiger partial charge in [-0.3, -0.25) is 9.59 Å².